The lowest BCUT2D eigenvalue weighted by atomic mass is 9.93. The number of carbonyl (C=O) groups is 1. The van der Waals surface area contributed by atoms with Crippen LogP contribution in [-0.2, 0) is 10.2 Å². The molecule has 0 unspecified atom stereocenters. The van der Waals surface area contributed by atoms with Crippen molar-refractivity contribution < 1.29 is 9.90 Å². The van der Waals surface area contributed by atoms with Gasteiger partial charge >= 0.3 is 5.97 Å². The van der Waals surface area contributed by atoms with E-state index in [1.54, 1.807) is 17.4 Å². The lowest BCUT2D eigenvalue weighted by Gasteiger charge is -2.20. The van der Waals surface area contributed by atoms with E-state index in [-0.39, 0.29) is 0 Å². The molecule has 2 atom stereocenters. The molecule has 3 aromatic rings. The van der Waals surface area contributed by atoms with E-state index < -0.39 is 16.9 Å². The molecule has 1 aliphatic carbocycles. The highest BCUT2D eigenvalue weighted by Gasteiger charge is 2.70. The van der Waals surface area contributed by atoms with E-state index in [1.165, 1.54) is 11.9 Å². The molecule has 144 valence electrons. The third-order valence-electron chi connectivity index (χ3n) is 5.40. The Balaban J connectivity index is 1.52. The predicted molar refractivity (Wildman–Crippen MR) is 117 cm³/mol. The number of thiophene rings is 1. The van der Waals surface area contributed by atoms with E-state index >= 15 is 0 Å². The molecule has 0 aliphatic heterocycles. The van der Waals surface area contributed by atoms with Gasteiger partial charge in [-0.05, 0) is 53.8 Å². The quantitative estimate of drug-likeness (QED) is 0.359. The number of aliphatic carboxylic acids is 1. The van der Waals surface area contributed by atoms with Crippen molar-refractivity contribution in [3.05, 3.63) is 71.2 Å². The number of hydrogen-bond acceptors (Lipinski definition) is 5. The summed E-state index contributed by atoms with van der Waals surface area (Å²) in [5.41, 5.74) is 7.06. The number of benzene rings is 2. The van der Waals surface area contributed by atoms with E-state index in [4.69, 9.17) is 17.3 Å². The van der Waals surface area contributed by atoms with Gasteiger partial charge in [-0.1, -0.05) is 54.9 Å². The third kappa shape index (κ3) is 3.20. The average Bonchev–Trinajstić information content (AvgIpc) is 3.07. The number of anilines is 1. The molecular formula is C21H19ClN2O2S2. The molecule has 0 radical (unpaired) electrons. The summed E-state index contributed by atoms with van der Waals surface area (Å²) >= 11 is 8.95. The second-order valence-corrected chi connectivity index (χ2v) is 9.74. The van der Waals surface area contributed by atoms with Gasteiger partial charge in [-0.25, -0.2) is 4.72 Å². The van der Waals surface area contributed by atoms with Gasteiger partial charge in [-0.15, -0.1) is 11.3 Å². The minimum Gasteiger partial charge on any atom is -0.480 e. The van der Waals surface area contributed by atoms with Gasteiger partial charge in [0, 0.05) is 10.3 Å². The smallest absolute Gasteiger partial charge is 0.325 e. The molecule has 1 fully saturated rings. The van der Waals surface area contributed by atoms with Gasteiger partial charge in [0.15, 0.2) is 0 Å². The van der Waals surface area contributed by atoms with Crippen LogP contribution in [0.15, 0.2) is 64.9 Å². The van der Waals surface area contributed by atoms with E-state index in [0.29, 0.717) is 17.1 Å². The molecule has 4 N–H and O–H groups in total. The molecule has 1 saturated carbocycles. The zero-order chi connectivity index (χ0) is 19.9. The van der Waals surface area contributed by atoms with Crippen molar-refractivity contribution >= 4 is 46.5 Å². The number of nitrogens with two attached hydrogens (primary N) is 1. The monoisotopic (exact) mass is 430 g/mol. The first-order valence-electron chi connectivity index (χ1n) is 8.74. The average molecular weight is 431 g/mol. The molecule has 1 aromatic heterocycles. The van der Waals surface area contributed by atoms with Gasteiger partial charge in [-0.3, -0.25) is 4.79 Å². The maximum Gasteiger partial charge on any atom is 0.325 e. The number of carboxylic acids is 1. The van der Waals surface area contributed by atoms with Crippen molar-refractivity contribution in [2.75, 3.05) is 5.73 Å². The molecule has 0 amide bonds. The lowest BCUT2D eigenvalue weighted by molar-refractivity contribution is -0.140. The van der Waals surface area contributed by atoms with Gasteiger partial charge in [-0.2, -0.15) is 0 Å². The Bertz CT molecular complexity index is 1040. The molecule has 4 nitrogen and oxygen atoms in total. The maximum atomic E-state index is 12.1. The normalized spacial score (nSPS) is 23.5. The molecule has 1 heterocycles. The van der Waals surface area contributed by atoms with Crippen LogP contribution in [0.4, 0.5) is 5.69 Å². The predicted octanol–water partition coefficient (Wildman–Crippen LogP) is 5.43. The number of nitrogens with one attached hydrogen (secondary N) is 1. The van der Waals surface area contributed by atoms with E-state index in [9.17, 15) is 9.90 Å². The van der Waals surface area contributed by atoms with Gasteiger partial charge in [0.25, 0.3) is 0 Å². The van der Waals surface area contributed by atoms with E-state index in [0.717, 1.165) is 20.2 Å². The van der Waals surface area contributed by atoms with Crippen LogP contribution in [0.3, 0.4) is 0 Å². The molecule has 7 heteroatoms. The van der Waals surface area contributed by atoms with Gasteiger partial charge in [0.1, 0.15) is 5.54 Å². The second-order valence-electron chi connectivity index (χ2n) is 7.14. The van der Waals surface area contributed by atoms with Crippen LogP contribution in [0, 0.1) is 0 Å². The summed E-state index contributed by atoms with van der Waals surface area (Å²) in [4.78, 5) is 13.1. The first-order valence-corrected chi connectivity index (χ1v) is 10.7. The molecule has 2 aromatic carbocycles. The van der Waals surface area contributed by atoms with Crippen LogP contribution in [0.25, 0.3) is 10.4 Å². The molecular weight excluding hydrogens is 412 g/mol. The van der Waals surface area contributed by atoms with E-state index in [1.807, 2.05) is 61.5 Å². The Morgan fingerprint density at radius 2 is 1.96 bits per heavy atom. The number of carboxylic acid groups (broad SMARTS) is 1. The van der Waals surface area contributed by atoms with Gasteiger partial charge in [0.05, 0.1) is 14.9 Å². The Hall–Kier alpha value is -1.99. The highest BCUT2D eigenvalue weighted by molar-refractivity contribution is 7.99. The lowest BCUT2D eigenvalue weighted by Crippen LogP contribution is -2.41. The SMILES string of the molecule is C[C@]1(c2ccccc2)C[C@@]1(NSc1ccc(-c2ccc(Cl)c(N)c2)s1)C(=O)O. The fourth-order valence-electron chi connectivity index (χ4n) is 3.51. The fraction of sp³-hybridized carbons (Fsp3) is 0.190. The summed E-state index contributed by atoms with van der Waals surface area (Å²) in [5.74, 6) is -0.825. The summed E-state index contributed by atoms with van der Waals surface area (Å²) < 4.78 is 4.23. The topological polar surface area (TPSA) is 75.3 Å². The Morgan fingerprint density at radius 3 is 2.64 bits per heavy atom. The number of hydrogen-bond donors (Lipinski definition) is 3. The van der Waals surface area contributed by atoms with Crippen molar-refractivity contribution in [3.63, 3.8) is 0 Å². The maximum absolute atomic E-state index is 12.1. The minimum absolute atomic E-state index is 0.433. The molecule has 1 aliphatic rings. The number of halogens is 1. The highest BCUT2D eigenvalue weighted by Crippen LogP contribution is 2.58. The molecule has 0 saturated heterocycles. The van der Waals surface area contributed by atoms with Crippen LogP contribution >= 0.6 is 34.9 Å². The van der Waals surface area contributed by atoms with Crippen molar-refractivity contribution in [2.24, 2.45) is 0 Å². The zero-order valence-electron chi connectivity index (χ0n) is 15.1. The van der Waals surface area contributed by atoms with Crippen LogP contribution in [0.2, 0.25) is 5.02 Å². The Labute approximate surface area is 176 Å². The van der Waals surface area contributed by atoms with E-state index in [2.05, 4.69) is 4.72 Å². The largest absolute Gasteiger partial charge is 0.480 e. The molecule has 0 bridgehead atoms. The summed E-state index contributed by atoms with van der Waals surface area (Å²) in [5, 5.41) is 10.5. The van der Waals surface area contributed by atoms with Crippen LogP contribution in [0.1, 0.15) is 18.9 Å². The van der Waals surface area contributed by atoms with Crippen molar-refractivity contribution in [2.45, 2.75) is 28.5 Å². The van der Waals surface area contributed by atoms with Gasteiger partial charge in [0.2, 0.25) is 0 Å². The summed E-state index contributed by atoms with van der Waals surface area (Å²) in [7, 11) is 0. The third-order valence-corrected chi connectivity index (χ3v) is 7.96. The van der Waals surface area contributed by atoms with Crippen LogP contribution in [0.5, 0.6) is 0 Å². The second kappa shape index (κ2) is 7.12. The Kier molecular flexibility index (Phi) is 4.91. The summed E-state index contributed by atoms with van der Waals surface area (Å²) in [6.45, 7) is 2.00. The van der Waals surface area contributed by atoms with Crippen LogP contribution < -0.4 is 10.5 Å². The first-order chi connectivity index (χ1) is 13.4. The molecule has 4 rings (SSSR count). The highest BCUT2D eigenvalue weighted by atomic mass is 35.5. The minimum atomic E-state index is -0.978. The van der Waals surface area contributed by atoms with Crippen molar-refractivity contribution in [1.29, 1.82) is 0 Å². The first kappa shape index (κ1) is 19.3. The van der Waals surface area contributed by atoms with Crippen molar-refractivity contribution in [1.82, 2.24) is 4.72 Å². The van der Waals surface area contributed by atoms with Crippen molar-refractivity contribution in [3.8, 4) is 10.4 Å². The standard InChI is InChI=1S/C21H19ClN2O2S2/c1-20(14-5-3-2-4-6-14)12-21(20,19(25)26)24-28-18-10-9-17(27-18)13-7-8-15(22)16(23)11-13/h2-11,24H,12,23H2,1H3,(H,25,26)/t20-,21-/m1/s1. The fourth-order valence-corrected chi connectivity index (χ4v) is 5.72. The number of rotatable bonds is 6. The van der Waals surface area contributed by atoms with Crippen LogP contribution in [-0.4, -0.2) is 16.6 Å². The summed E-state index contributed by atoms with van der Waals surface area (Å²) in [6, 6.07) is 19.4. The molecule has 28 heavy (non-hydrogen) atoms. The summed E-state index contributed by atoms with van der Waals surface area (Å²) in [6.07, 6.45) is 0.554. The van der Waals surface area contributed by atoms with Gasteiger partial charge < -0.3 is 10.8 Å². The Morgan fingerprint density at radius 1 is 1.21 bits per heavy atom. The number of nitrogen functional groups attached to an aromatic ring is 1. The zero-order valence-corrected chi connectivity index (χ0v) is 17.5. The molecule has 0 spiro atoms.